The van der Waals surface area contributed by atoms with Gasteiger partial charge in [0.15, 0.2) is 0 Å². The van der Waals surface area contributed by atoms with Gasteiger partial charge in [-0.15, -0.1) is 13.2 Å². The summed E-state index contributed by atoms with van der Waals surface area (Å²) >= 11 is 0. The summed E-state index contributed by atoms with van der Waals surface area (Å²) in [5.74, 6) is 0. The second-order valence-electron chi connectivity index (χ2n) is 14.8. The number of allylic oxidation sites excluding steroid dienone is 6. The van der Waals surface area contributed by atoms with Crippen LogP contribution in [0.1, 0.15) is 182 Å². The van der Waals surface area contributed by atoms with E-state index >= 15 is 0 Å². The molecule has 3 aromatic rings. The number of nitrogens with zero attached hydrogens (tertiary/aromatic N) is 2. The van der Waals surface area contributed by atoms with E-state index in [0.717, 1.165) is 108 Å². The number of hydrogen-bond donors (Lipinski definition) is 2. The summed E-state index contributed by atoms with van der Waals surface area (Å²) in [5.41, 5.74) is 23.9. The van der Waals surface area contributed by atoms with Gasteiger partial charge in [0.2, 0.25) is 0 Å². The highest BCUT2D eigenvalue weighted by Gasteiger charge is 2.27. The van der Waals surface area contributed by atoms with Crippen LogP contribution < -0.4 is 0 Å². The van der Waals surface area contributed by atoms with Crippen LogP contribution in [-0.2, 0) is 38.5 Å². The summed E-state index contributed by atoms with van der Waals surface area (Å²) in [6.45, 7) is 26.5. The average Bonchev–Trinajstić information content (AvgIpc) is 3.91. The van der Waals surface area contributed by atoms with Gasteiger partial charge in [0.25, 0.3) is 0 Å². The van der Waals surface area contributed by atoms with Crippen LogP contribution in [0.15, 0.2) is 37.4 Å². The lowest BCUT2D eigenvalue weighted by atomic mass is 9.91. The zero-order valence-corrected chi connectivity index (χ0v) is 34.6. The maximum Gasteiger partial charge on any atom is 0.0726 e. The fourth-order valence-corrected chi connectivity index (χ4v) is 9.30. The molecule has 8 bridgehead atoms. The van der Waals surface area contributed by atoms with Crippen molar-refractivity contribution in [2.75, 3.05) is 0 Å². The van der Waals surface area contributed by atoms with Crippen LogP contribution in [0, 0.1) is 0 Å². The molecule has 2 aliphatic rings. The smallest absolute Gasteiger partial charge is 0.0726 e. The minimum atomic E-state index is 0.961. The molecule has 2 aliphatic heterocycles. The molecular weight excluding hydrogens is 645 g/mol. The molecule has 53 heavy (non-hydrogen) atoms. The van der Waals surface area contributed by atoms with Crippen molar-refractivity contribution in [1.82, 2.24) is 19.9 Å². The summed E-state index contributed by atoms with van der Waals surface area (Å²) in [7, 11) is 0. The molecule has 0 amide bonds. The molecule has 0 saturated carbocycles. The summed E-state index contributed by atoms with van der Waals surface area (Å²) in [6, 6.07) is 4.81. The van der Waals surface area contributed by atoms with Crippen LogP contribution in [0.5, 0.6) is 0 Å². The van der Waals surface area contributed by atoms with Crippen molar-refractivity contribution < 1.29 is 0 Å². The van der Waals surface area contributed by atoms with Gasteiger partial charge in [-0.05, 0) is 165 Å². The largest absolute Gasteiger partial charge is 0.355 e. The first-order valence-electron chi connectivity index (χ1n) is 21.4. The molecule has 0 aromatic carbocycles. The van der Waals surface area contributed by atoms with E-state index < -0.39 is 0 Å². The number of nitrogens with one attached hydrogen (secondary N) is 2. The normalized spacial score (nSPS) is 13.1. The van der Waals surface area contributed by atoms with Crippen LogP contribution >= 0.6 is 0 Å². The molecule has 5 heterocycles. The highest BCUT2D eigenvalue weighted by molar-refractivity contribution is 5.98. The van der Waals surface area contributed by atoms with Gasteiger partial charge in [0, 0.05) is 27.6 Å². The highest BCUT2D eigenvalue weighted by atomic mass is 14.8. The molecule has 0 atom stereocenters. The quantitative estimate of drug-likeness (QED) is 0.0960. The topological polar surface area (TPSA) is 57.4 Å². The van der Waals surface area contributed by atoms with Gasteiger partial charge in [-0.2, -0.15) is 0 Å². The van der Waals surface area contributed by atoms with E-state index in [2.05, 4.69) is 103 Å². The maximum atomic E-state index is 5.65. The molecule has 0 unspecified atom stereocenters. The molecule has 284 valence electrons. The summed E-state index contributed by atoms with van der Waals surface area (Å²) in [5, 5.41) is 0. The Morgan fingerprint density at radius 3 is 1.25 bits per heavy atom. The molecule has 0 spiro atoms. The third-order valence-electron chi connectivity index (χ3n) is 11.9. The number of hydrogen-bond acceptors (Lipinski definition) is 2. The second kappa shape index (κ2) is 18.9. The summed E-state index contributed by atoms with van der Waals surface area (Å²) < 4.78 is 0. The molecule has 0 fully saturated rings. The van der Waals surface area contributed by atoms with Crippen LogP contribution in [0.3, 0.4) is 0 Å². The Balaban J connectivity index is 2.04. The van der Waals surface area contributed by atoms with Gasteiger partial charge in [0.05, 0.1) is 22.8 Å². The van der Waals surface area contributed by atoms with E-state index in [4.69, 9.17) is 9.97 Å². The van der Waals surface area contributed by atoms with Gasteiger partial charge in [-0.25, -0.2) is 9.97 Å². The van der Waals surface area contributed by atoms with E-state index in [1.807, 2.05) is 0 Å². The molecular formula is C49H68N4. The van der Waals surface area contributed by atoms with Crippen molar-refractivity contribution >= 4 is 44.4 Å². The van der Waals surface area contributed by atoms with Crippen molar-refractivity contribution in [2.45, 2.75) is 165 Å². The van der Waals surface area contributed by atoms with Gasteiger partial charge in [0.1, 0.15) is 0 Å². The van der Waals surface area contributed by atoms with Gasteiger partial charge < -0.3 is 9.97 Å². The first kappa shape index (κ1) is 40.3. The predicted molar refractivity (Wildman–Crippen MR) is 233 cm³/mol. The average molecular weight is 713 g/mol. The van der Waals surface area contributed by atoms with Crippen LogP contribution in [0.4, 0.5) is 0 Å². The van der Waals surface area contributed by atoms with E-state index in [1.165, 1.54) is 102 Å². The Bertz CT molecular complexity index is 1900. The monoisotopic (exact) mass is 713 g/mol. The third kappa shape index (κ3) is 7.98. The SMILES string of the molecule is C=CCCCCCc1c2[nH]c(cc3nc(c(CCCCC=C)c4nc(cc5[nH]c1c(CC)c5CC)C(CC)=C4CC)C(CC)=C3CC)c(CC)c2CC. The molecule has 2 N–H and O–H groups in total. The number of fused-ring (bicyclic) bond motifs is 8. The predicted octanol–water partition coefficient (Wildman–Crippen LogP) is 14.2. The van der Waals surface area contributed by atoms with E-state index in [9.17, 15) is 0 Å². The molecule has 3 aromatic heterocycles. The van der Waals surface area contributed by atoms with Gasteiger partial charge in [-0.3, -0.25) is 0 Å². The molecule has 0 aliphatic carbocycles. The zero-order chi connectivity index (χ0) is 38.1. The first-order chi connectivity index (χ1) is 25.9. The Labute approximate surface area is 321 Å². The number of unbranched alkanes of at least 4 members (excludes halogenated alkanes) is 5. The number of aryl methyl sites for hydroxylation is 5. The van der Waals surface area contributed by atoms with E-state index in [-0.39, 0.29) is 0 Å². The molecule has 0 radical (unpaired) electrons. The lowest BCUT2D eigenvalue weighted by Crippen LogP contribution is -2.00. The molecule has 4 heteroatoms. The summed E-state index contributed by atoms with van der Waals surface area (Å²) in [6.07, 6.45) is 21.8. The van der Waals surface area contributed by atoms with E-state index in [1.54, 1.807) is 0 Å². The lowest BCUT2D eigenvalue weighted by Gasteiger charge is -2.12. The zero-order valence-electron chi connectivity index (χ0n) is 34.6. The van der Waals surface area contributed by atoms with Crippen molar-refractivity contribution in [1.29, 1.82) is 0 Å². The fraction of sp³-hybridized carbons (Fsp3) is 0.510. The van der Waals surface area contributed by atoms with Crippen LogP contribution in [0.2, 0.25) is 0 Å². The number of aromatic amines is 2. The number of H-pyrrole nitrogens is 2. The van der Waals surface area contributed by atoms with Crippen molar-refractivity contribution in [3.8, 4) is 0 Å². The van der Waals surface area contributed by atoms with Gasteiger partial charge >= 0.3 is 0 Å². The maximum absolute atomic E-state index is 5.65. The Morgan fingerprint density at radius 2 is 0.849 bits per heavy atom. The third-order valence-corrected chi connectivity index (χ3v) is 11.9. The van der Waals surface area contributed by atoms with Crippen LogP contribution in [0.25, 0.3) is 44.4 Å². The number of aromatic nitrogens is 4. The second-order valence-corrected chi connectivity index (χ2v) is 14.8. The van der Waals surface area contributed by atoms with Crippen LogP contribution in [-0.4, -0.2) is 19.9 Å². The van der Waals surface area contributed by atoms with Gasteiger partial charge in [-0.1, -0.05) is 74.0 Å². The molecule has 4 nitrogen and oxygen atoms in total. The van der Waals surface area contributed by atoms with Crippen molar-refractivity contribution in [3.63, 3.8) is 0 Å². The molecule has 5 rings (SSSR count). The minimum Gasteiger partial charge on any atom is -0.355 e. The van der Waals surface area contributed by atoms with E-state index in [0.29, 0.717) is 0 Å². The Kier molecular flexibility index (Phi) is 14.4. The van der Waals surface area contributed by atoms with Crippen molar-refractivity contribution in [3.05, 3.63) is 93.6 Å². The highest BCUT2D eigenvalue weighted by Crippen LogP contribution is 2.43. The summed E-state index contributed by atoms with van der Waals surface area (Å²) in [4.78, 5) is 19.5. The number of rotatable bonds is 19. The fourth-order valence-electron chi connectivity index (χ4n) is 9.30. The molecule has 0 saturated heterocycles. The minimum absolute atomic E-state index is 0.961. The Hall–Kier alpha value is -3.92. The van der Waals surface area contributed by atoms with Crippen molar-refractivity contribution in [2.24, 2.45) is 0 Å². The standard InChI is InChI=1S/C49H68N4/c1-11-21-23-25-27-29-41-48-38(19-9)34(15-5)44(52-48)30-42-32(13-3)36(17-7)46(50-42)40(28-26-24-22-12-2)47-37(18-8)33(14-4)43(51-47)31-45-35(16-6)39(20-10)49(41)53-45/h11-12,30-31,52-53H,1-2,13-29H2,3-10H3. The Morgan fingerprint density at radius 1 is 0.453 bits per heavy atom. The first-order valence-corrected chi connectivity index (χ1v) is 21.4. The lowest BCUT2D eigenvalue weighted by molar-refractivity contribution is 0.689.